The molecule has 0 bridgehead atoms. The quantitative estimate of drug-likeness (QED) is 0.567. The molecule has 0 fully saturated rings. The Labute approximate surface area is 120 Å². The molecule has 0 saturated carbocycles. The van der Waals surface area contributed by atoms with E-state index < -0.39 is 0 Å². The van der Waals surface area contributed by atoms with Gasteiger partial charge in [0.2, 0.25) is 0 Å². The van der Waals surface area contributed by atoms with Gasteiger partial charge < -0.3 is 15.8 Å². The Morgan fingerprint density at radius 1 is 1.33 bits per heavy atom. The number of halogens is 2. The zero-order valence-electron chi connectivity index (χ0n) is 10.6. The smallest absolute Gasteiger partial charge is 0.302 e. The normalized spacial score (nSPS) is 11.7. The molecule has 1 aromatic rings. The Morgan fingerprint density at radius 3 is 2.50 bits per heavy atom. The van der Waals surface area contributed by atoms with Crippen LogP contribution in [0, 0.1) is 0 Å². The lowest BCUT2D eigenvalue weighted by Gasteiger charge is -2.16. The number of esters is 1. The van der Waals surface area contributed by atoms with E-state index in [1.54, 1.807) is 0 Å². The van der Waals surface area contributed by atoms with Gasteiger partial charge in [-0.1, -0.05) is 6.07 Å². The summed E-state index contributed by atoms with van der Waals surface area (Å²) in [6.45, 7) is 3.43. The van der Waals surface area contributed by atoms with Gasteiger partial charge in [0, 0.05) is 19.2 Å². The van der Waals surface area contributed by atoms with Crippen molar-refractivity contribution in [2.24, 2.45) is 0 Å². The number of carbonyl (C=O) groups is 1. The molecule has 0 unspecified atom stereocenters. The molecular formula is C12H20Cl2N2O2. The highest BCUT2D eigenvalue weighted by Gasteiger charge is 2.06. The van der Waals surface area contributed by atoms with Crippen molar-refractivity contribution in [1.29, 1.82) is 0 Å². The highest BCUT2D eigenvalue weighted by Crippen LogP contribution is 2.16. The first-order valence-corrected chi connectivity index (χ1v) is 5.26. The Bertz CT molecular complexity index is 373. The fraction of sp³-hybridized carbons (Fsp3) is 0.417. The second kappa shape index (κ2) is 10.00. The molecule has 2 rings (SSSR count). The van der Waals surface area contributed by atoms with Crippen molar-refractivity contribution < 1.29 is 9.53 Å². The maximum Gasteiger partial charge on any atom is 0.302 e. The fourth-order valence-electron chi connectivity index (χ4n) is 1.50. The summed E-state index contributed by atoms with van der Waals surface area (Å²) in [5.41, 5.74) is 9.32. The van der Waals surface area contributed by atoms with E-state index >= 15 is 0 Å². The number of nitrogen functional groups attached to an aromatic ring is 1. The van der Waals surface area contributed by atoms with E-state index in [0.29, 0.717) is 0 Å². The SMILES string of the molecule is COC(C)=O.Cl.Cl.Nc1ccc2c(c1)CNCC2. The van der Waals surface area contributed by atoms with Crippen molar-refractivity contribution in [2.75, 3.05) is 19.4 Å². The number of hydrogen-bond donors (Lipinski definition) is 2. The second-order valence-electron chi connectivity index (χ2n) is 3.65. The molecule has 6 heteroatoms. The van der Waals surface area contributed by atoms with Gasteiger partial charge in [-0.3, -0.25) is 4.79 Å². The fourth-order valence-corrected chi connectivity index (χ4v) is 1.50. The van der Waals surface area contributed by atoms with Gasteiger partial charge in [0.15, 0.2) is 0 Å². The zero-order valence-corrected chi connectivity index (χ0v) is 12.2. The molecule has 0 radical (unpaired) electrons. The van der Waals surface area contributed by atoms with Crippen molar-refractivity contribution in [3.05, 3.63) is 29.3 Å². The summed E-state index contributed by atoms with van der Waals surface area (Å²) in [5.74, 6) is -0.245. The van der Waals surface area contributed by atoms with E-state index in [0.717, 1.165) is 25.2 Å². The van der Waals surface area contributed by atoms with Crippen molar-refractivity contribution >= 4 is 36.5 Å². The molecule has 0 saturated heterocycles. The molecule has 1 heterocycles. The molecule has 4 nitrogen and oxygen atoms in total. The minimum atomic E-state index is -0.245. The van der Waals surface area contributed by atoms with Gasteiger partial charge in [-0.05, 0) is 36.2 Å². The lowest BCUT2D eigenvalue weighted by Crippen LogP contribution is -2.23. The topological polar surface area (TPSA) is 64.3 Å². The average Bonchev–Trinajstić information content (AvgIpc) is 2.29. The van der Waals surface area contributed by atoms with Gasteiger partial charge in [-0.25, -0.2) is 0 Å². The minimum Gasteiger partial charge on any atom is -0.469 e. The van der Waals surface area contributed by atoms with Crippen molar-refractivity contribution in [2.45, 2.75) is 19.9 Å². The number of ether oxygens (including phenoxy) is 1. The van der Waals surface area contributed by atoms with E-state index in [4.69, 9.17) is 5.73 Å². The third-order valence-electron chi connectivity index (χ3n) is 2.40. The molecule has 18 heavy (non-hydrogen) atoms. The first-order chi connectivity index (χ1) is 7.63. The first kappa shape index (κ1) is 19.4. The Hall–Kier alpha value is -0.970. The van der Waals surface area contributed by atoms with Crippen LogP contribution in [0.3, 0.4) is 0 Å². The summed E-state index contributed by atoms with van der Waals surface area (Å²) in [6.07, 6.45) is 1.13. The standard InChI is InChI=1S/C9H12N2.C3H6O2.2ClH/c10-9-2-1-7-3-4-11-6-8(7)5-9;1-3(4)5-2;;/h1-2,5,11H,3-4,6,10H2;1-2H3;2*1H. The number of methoxy groups -OCH3 is 1. The summed E-state index contributed by atoms with van der Waals surface area (Å²) < 4.78 is 4.11. The van der Waals surface area contributed by atoms with Gasteiger partial charge in [-0.2, -0.15) is 0 Å². The largest absolute Gasteiger partial charge is 0.469 e. The molecule has 0 spiro atoms. The third kappa shape index (κ3) is 6.69. The molecule has 1 aliphatic rings. The van der Waals surface area contributed by atoms with Crippen molar-refractivity contribution in [3.8, 4) is 0 Å². The van der Waals surface area contributed by atoms with Crippen LogP contribution in [0.1, 0.15) is 18.1 Å². The van der Waals surface area contributed by atoms with Crippen LogP contribution in [0.2, 0.25) is 0 Å². The Morgan fingerprint density at radius 2 is 1.94 bits per heavy atom. The maximum atomic E-state index is 9.59. The molecule has 1 aromatic carbocycles. The minimum absolute atomic E-state index is 0. The predicted molar refractivity (Wildman–Crippen MR) is 78.5 cm³/mol. The average molecular weight is 295 g/mol. The monoisotopic (exact) mass is 294 g/mol. The first-order valence-electron chi connectivity index (χ1n) is 5.26. The Balaban J connectivity index is 0. The number of nitrogens with two attached hydrogens (primary N) is 1. The van der Waals surface area contributed by atoms with Crippen LogP contribution in [0.15, 0.2) is 18.2 Å². The number of benzene rings is 1. The summed E-state index contributed by atoms with van der Waals surface area (Å²) in [5, 5.41) is 3.31. The van der Waals surface area contributed by atoms with Crippen LogP contribution in [-0.4, -0.2) is 19.6 Å². The number of carbonyl (C=O) groups excluding carboxylic acids is 1. The molecule has 3 N–H and O–H groups in total. The number of hydrogen-bond acceptors (Lipinski definition) is 4. The van der Waals surface area contributed by atoms with Crippen LogP contribution in [0.25, 0.3) is 0 Å². The molecule has 1 aliphatic heterocycles. The van der Waals surface area contributed by atoms with Crippen molar-refractivity contribution in [1.82, 2.24) is 5.32 Å². The number of rotatable bonds is 0. The third-order valence-corrected chi connectivity index (χ3v) is 2.40. The van der Waals surface area contributed by atoms with Gasteiger partial charge in [-0.15, -0.1) is 24.8 Å². The molecule has 0 aliphatic carbocycles. The predicted octanol–water partition coefficient (Wildman–Crippen LogP) is 1.94. The zero-order chi connectivity index (χ0) is 12.0. The van der Waals surface area contributed by atoms with Crippen LogP contribution in [0.5, 0.6) is 0 Å². The second-order valence-corrected chi connectivity index (χ2v) is 3.65. The molecule has 0 amide bonds. The molecular weight excluding hydrogens is 275 g/mol. The number of nitrogens with one attached hydrogen (secondary N) is 1. The van der Waals surface area contributed by atoms with Gasteiger partial charge in [0.05, 0.1) is 7.11 Å². The van der Waals surface area contributed by atoms with Gasteiger partial charge >= 0.3 is 5.97 Å². The number of fused-ring (bicyclic) bond motifs is 1. The number of anilines is 1. The van der Waals surface area contributed by atoms with E-state index in [9.17, 15) is 4.79 Å². The summed E-state index contributed by atoms with van der Waals surface area (Å²) in [4.78, 5) is 9.59. The van der Waals surface area contributed by atoms with Crippen LogP contribution >= 0.6 is 24.8 Å². The van der Waals surface area contributed by atoms with Crippen LogP contribution < -0.4 is 11.1 Å². The maximum absolute atomic E-state index is 9.59. The lowest BCUT2D eigenvalue weighted by molar-refractivity contribution is -0.137. The van der Waals surface area contributed by atoms with Gasteiger partial charge in [0.25, 0.3) is 0 Å². The van der Waals surface area contributed by atoms with E-state index in [2.05, 4.69) is 22.2 Å². The summed E-state index contributed by atoms with van der Waals surface area (Å²) in [7, 11) is 1.35. The van der Waals surface area contributed by atoms with E-state index in [1.807, 2.05) is 6.07 Å². The molecule has 0 aromatic heterocycles. The summed E-state index contributed by atoms with van der Waals surface area (Å²) in [6, 6.07) is 6.16. The van der Waals surface area contributed by atoms with E-state index in [1.165, 1.54) is 25.2 Å². The van der Waals surface area contributed by atoms with Crippen molar-refractivity contribution in [3.63, 3.8) is 0 Å². The summed E-state index contributed by atoms with van der Waals surface area (Å²) >= 11 is 0. The molecule has 104 valence electrons. The lowest BCUT2D eigenvalue weighted by atomic mass is 10.0. The van der Waals surface area contributed by atoms with E-state index in [-0.39, 0.29) is 30.8 Å². The Kier molecular flexibility index (Phi) is 10.8. The van der Waals surface area contributed by atoms with Crippen LogP contribution in [0.4, 0.5) is 5.69 Å². The highest BCUT2D eigenvalue weighted by molar-refractivity contribution is 5.85. The van der Waals surface area contributed by atoms with Crippen LogP contribution in [-0.2, 0) is 22.5 Å². The molecule has 0 atom stereocenters. The van der Waals surface area contributed by atoms with Gasteiger partial charge in [0.1, 0.15) is 0 Å². The highest BCUT2D eigenvalue weighted by atomic mass is 35.5.